The number of nitrogens with one attached hydrogen (secondary N) is 1. The molecular formula is C12H14N4O. The quantitative estimate of drug-likeness (QED) is 0.711. The number of carbonyl (C=O) groups excluding carboxylic acids is 1. The molecule has 1 amide bonds. The fourth-order valence-electron chi connectivity index (χ4n) is 2.30. The van der Waals surface area contributed by atoms with Crippen LogP contribution in [0.15, 0.2) is 12.2 Å². The lowest BCUT2D eigenvalue weighted by Crippen LogP contribution is -2.35. The second-order valence-electron chi connectivity index (χ2n) is 4.30. The predicted octanol–water partition coefficient (Wildman–Crippen LogP) is 0.447. The van der Waals surface area contributed by atoms with Gasteiger partial charge in [0.05, 0.1) is 0 Å². The summed E-state index contributed by atoms with van der Waals surface area (Å²) in [4.78, 5) is 22.7. The Kier molecular flexibility index (Phi) is 2.31. The van der Waals surface area contributed by atoms with Crippen molar-refractivity contribution in [3.05, 3.63) is 29.2 Å². The van der Waals surface area contributed by atoms with Gasteiger partial charge in [-0.2, -0.15) is 0 Å². The van der Waals surface area contributed by atoms with Crippen LogP contribution in [0.1, 0.15) is 21.9 Å². The van der Waals surface area contributed by atoms with Crippen molar-refractivity contribution in [1.82, 2.24) is 15.3 Å². The molecule has 0 aliphatic carbocycles. The maximum absolute atomic E-state index is 11.8. The number of hydrogen-bond acceptors (Lipinski definition) is 4. The van der Waals surface area contributed by atoms with Gasteiger partial charge in [-0.1, -0.05) is 12.2 Å². The van der Waals surface area contributed by atoms with E-state index in [0.717, 1.165) is 30.9 Å². The zero-order chi connectivity index (χ0) is 11.8. The highest BCUT2D eigenvalue weighted by Gasteiger charge is 2.25. The van der Waals surface area contributed by atoms with Crippen molar-refractivity contribution in [2.75, 3.05) is 24.5 Å². The minimum absolute atomic E-state index is 0.0786. The van der Waals surface area contributed by atoms with Crippen LogP contribution in [-0.4, -0.2) is 35.5 Å². The molecule has 1 aromatic heterocycles. The molecule has 5 heteroatoms. The Bertz CT molecular complexity index is 501. The number of rotatable bonds is 1. The molecule has 0 aromatic carbocycles. The van der Waals surface area contributed by atoms with E-state index in [1.807, 2.05) is 6.92 Å². The number of aromatic nitrogens is 2. The van der Waals surface area contributed by atoms with Crippen molar-refractivity contribution >= 4 is 11.7 Å². The average molecular weight is 230 g/mol. The molecule has 0 atom stereocenters. The molecule has 0 bridgehead atoms. The zero-order valence-corrected chi connectivity index (χ0v) is 9.73. The van der Waals surface area contributed by atoms with E-state index in [9.17, 15) is 4.79 Å². The first-order valence-electron chi connectivity index (χ1n) is 5.81. The summed E-state index contributed by atoms with van der Waals surface area (Å²) in [6.45, 7) is 4.23. The third kappa shape index (κ3) is 1.67. The fraction of sp³-hybridized carbons (Fsp3) is 0.417. The normalized spacial score (nSPS) is 18.2. The molecule has 5 nitrogen and oxygen atoms in total. The van der Waals surface area contributed by atoms with Gasteiger partial charge in [0, 0.05) is 25.2 Å². The smallest absolute Gasteiger partial charge is 0.270 e. The van der Waals surface area contributed by atoms with Crippen LogP contribution in [0.3, 0.4) is 0 Å². The first-order valence-corrected chi connectivity index (χ1v) is 5.81. The molecule has 1 aromatic rings. The van der Waals surface area contributed by atoms with Gasteiger partial charge in [0.25, 0.3) is 5.91 Å². The number of carbonyl (C=O) groups is 1. The van der Waals surface area contributed by atoms with E-state index in [0.29, 0.717) is 18.1 Å². The molecule has 1 N–H and O–H groups in total. The van der Waals surface area contributed by atoms with Crippen LogP contribution in [0.5, 0.6) is 0 Å². The third-order valence-corrected chi connectivity index (χ3v) is 3.09. The fourth-order valence-corrected chi connectivity index (χ4v) is 2.30. The topological polar surface area (TPSA) is 58.1 Å². The summed E-state index contributed by atoms with van der Waals surface area (Å²) in [6.07, 6.45) is 5.05. The van der Waals surface area contributed by atoms with Gasteiger partial charge in [0.15, 0.2) is 0 Å². The minimum Gasteiger partial charge on any atom is -0.350 e. The molecule has 0 radical (unpaired) electrons. The van der Waals surface area contributed by atoms with Gasteiger partial charge in [-0.05, 0) is 13.3 Å². The highest BCUT2D eigenvalue weighted by atomic mass is 16.1. The van der Waals surface area contributed by atoms with Crippen LogP contribution in [-0.2, 0) is 6.42 Å². The molecule has 0 spiro atoms. The Labute approximate surface area is 99.6 Å². The number of hydrogen-bond donors (Lipinski definition) is 1. The second kappa shape index (κ2) is 3.84. The number of anilines is 1. The van der Waals surface area contributed by atoms with Crippen molar-refractivity contribution in [1.29, 1.82) is 0 Å². The van der Waals surface area contributed by atoms with Gasteiger partial charge in [-0.25, -0.2) is 9.97 Å². The Morgan fingerprint density at radius 2 is 2.06 bits per heavy atom. The van der Waals surface area contributed by atoms with Gasteiger partial charge in [-0.15, -0.1) is 0 Å². The summed E-state index contributed by atoms with van der Waals surface area (Å²) in [6, 6.07) is 0. The van der Waals surface area contributed by atoms with Gasteiger partial charge < -0.3 is 10.2 Å². The van der Waals surface area contributed by atoms with Gasteiger partial charge in [-0.3, -0.25) is 4.79 Å². The van der Waals surface area contributed by atoms with E-state index in [-0.39, 0.29) is 5.91 Å². The van der Waals surface area contributed by atoms with Gasteiger partial charge >= 0.3 is 0 Å². The lowest BCUT2D eigenvalue weighted by molar-refractivity contribution is 0.0940. The molecule has 0 saturated carbocycles. The lowest BCUT2D eigenvalue weighted by Gasteiger charge is -2.24. The van der Waals surface area contributed by atoms with Crippen molar-refractivity contribution in [2.24, 2.45) is 0 Å². The third-order valence-electron chi connectivity index (χ3n) is 3.09. The van der Waals surface area contributed by atoms with Gasteiger partial charge in [0.2, 0.25) is 0 Å². The number of nitrogens with zero attached hydrogens (tertiary/aromatic N) is 3. The molecule has 2 aliphatic heterocycles. The zero-order valence-electron chi connectivity index (χ0n) is 9.73. The van der Waals surface area contributed by atoms with Crippen molar-refractivity contribution in [2.45, 2.75) is 13.3 Å². The number of amides is 1. The van der Waals surface area contributed by atoms with E-state index in [1.54, 1.807) is 0 Å². The Morgan fingerprint density at radius 3 is 2.82 bits per heavy atom. The Hall–Kier alpha value is -1.91. The first-order chi connectivity index (χ1) is 8.25. The van der Waals surface area contributed by atoms with Gasteiger partial charge in [0.1, 0.15) is 17.3 Å². The number of aryl methyl sites for hydroxylation is 1. The summed E-state index contributed by atoms with van der Waals surface area (Å²) in [7, 11) is 0. The summed E-state index contributed by atoms with van der Waals surface area (Å²) in [5.41, 5.74) is 1.54. The maximum atomic E-state index is 11.8. The Morgan fingerprint density at radius 1 is 1.29 bits per heavy atom. The molecule has 0 saturated heterocycles. The maximum Gasteiger partial charge on any atom is 0.270 e. The summed E-state index contributed by atoms with van der Waals surface area (Å²) in [5, 5.41) is 2.82. The van der Waals surface area contributed by atoms with Crippen LogP contribution < -0.4 is 10.2 Å². The molecule has 3 rings (SSSR count). The van der Waals surface area contributed by atoms with E-state index >= 15 is 0 Å². The van der Waals surface area contributed by atoms with Crippen molar-refractivity contribution < 1.29 is 4.79 Å². The Balaban J connectivity index is 2.11. The molecule has 0 fully saturated rings. The average Bonchev–Trinajstić information content (AvgIpc) is 2.83. The minimum atomic E-state index is -0.0786. The predicted molar refractivity (Wildman–Crippen MR) is 64.2 cm³/mol. The standard InChI is InChI=1S/C12H14N4O/c1-8-14-10-9(4-5-13-12(10)17)11(15-8)16-6-2-3-7-16/h2-3H,4-7H2,1H3,(H,13,17). The van der Waals surface area contributed by atoms with Crippen LogP contribution in [0.2, 0.25) is 0 Å². The monoisotopic (exact) mass is 230 g/mol. The van der Waals surface area contributed by atoms with Crippen molar-refractivity contribution in [3.63, 3.8) is 0 Å². The molecule has 0 unspecified atom stereocenters. The van der Waals surface area contributed by atoms with E-state index in [2.05, 4.69) is 32.3 Å². The molecule has 17 heavy (non-hydrogen) atoms. The molecular weight excluding hydrogens is 216 g/mol. The highest BCUT2D eigenvalue weighted by Crippen LogP contribution is 2.24. The first kappa shape index (κ1) is 10.3. The number of fused-ring (bicyclic) bond motifs is 1. The lowest BCUT2D eigenvalue weighted by atomic mass is 10.1. The highest BCUT2D eigenvalue weighted by molar-refractivity contribution is 5.96. The molecule has 2 aliphatic rings. The van der Waals surface area contributed by atoms with E-state index in [1.165, 1.54) is 0 Å². The molecule has 88 valence electrons. The SMILES string of the molecule is Cc1nc2c(c(N3CC=CC3)n1)CCNC2=O. The summed E-state index contributed by atoms with van der Waals surface area (Å²) < 4.78 is 0. The second-order valence-corrected chi connectivity index (χ2v) is 4.30. The summed E-state index contributed by atoms with van der Waals surface area (Å²) >= 11 is 0. The largest absolute Gasteiger partial charge is 0.350 e. The van der Waals surface area contributed by atoms with Crippen LogP contribution in [0.4, 0.5) is 5.82 Å². The van der Waals surface area contributed by atoms with Crippen LogP contribution in [0.25, 0.3) is 0 Å². The molecule has 3 heterocycles. The van der Waals surface area contributed by atoms with E-state index < -0.39 is 0 Å². The van der Waals surface area contributed by atoms with E-state index in [4.69, 9.17) is 0 Å². The van der Waals surface area contributed by atoms with Crippen molar-refractivity contribution in [3.8, 4) is 0 Å². The van der Waals surface area contributed by atoms with Crippen LogP contribution >= 0.6 is 0 Å². The summed E-state index contributed by atoms with van der Waals surface area (Å²) in [5.74, 6) is 1.50. The van der Waals surface area contributed by atoms with Crippen LogP contribution in [0, 0.1) is 6.92 Å².